The first-order valence-electron chi connectivity index (χ1n) is 9.48. The van der Waals surface area contributed by atoms with Crippen molar-refractivity contribution in [3.8, 4) is 29.1 Å². The molecule has 3 aromatic carbocycles. The van der Waals surface area contributed by atoms with Gasteiger partial charge in [-0.25, -0.2) is 0 Å². The van der Waals surface area contributed by atoms with Crippen molar-refractivity contribution >= 4 is 11.6 Å². The van der Waals surface area contributed by atoms with E-state index in [1.807, 2.05) is 66.7 Å². The summed E-state index contributed by atoms with van der Waals surface area (Å²) in [6.07, 6.45) is 1.82. The van der Waals surface area contributed by atoms with E-state index in [9.17, 15) is 5.26 Å². The minimum atomic E-state index is 0.444. The molecule has 0 heterocycles. The summed E-state index contributed by atoms with van der Waals surface area (Å²) in [5, 5.41) is 9.59. The molecular formula is C25H23NO4. The molecule has 0 aromatic heterocycles. The van der Waals surface area contributed by atoms with Crippen LogP contribution in [-0.2, 0) is 0 Å². The van der Waals surface area contributed by atoms with Crippen molar-refractivity contribution in [2.24, 2.45) is 0 Å². The van der Waals surface area contributed by atoms with E-state index >= 15 is 0 Å². The van der Waals surface area contributed by atoms with Gasteiger partial charge in [-0.05, 0) is 59.7 Å². The molecule has 30 heavy (non-hydrogen) atoms. The number of nitriles is 1. The number of rotatable bonds is 9. The van der Waals surface area contributed by atoms with Crippen LogP contribution < -0.4 is 18.9 Å². The van der Waals surface area contributed by atoms with Gasteiger partial charge in [0.1, 0.15) is 24.7 Å². The first-order chi connectivity index (χ1) is 14.7. The third kappa shape index (κ3) is 5.55. The van der Waals surface area contributed by atoms with Gasteiger partial charge in [-0.15, -0.1) is 0 Å². The average Bonchev–Trinajstić information content (AvgIpc) is 2.81. The van der Waals surface area contributed by atoms with Crippen LogP contribution in [0, 0.1) is 11.3 Å². The van der Waals surface area contributed by atoms with E-state index in [0.717, 1.165) is 22.6 Å². The zero-order valence-electron chi connectivity index (χ0n) is 17.0. The Bertz CT molecular complexity index is 1020. The molecule has 0 N–H and O–H groups in total. The molecule has 0 saturated carbocycles. The molecule has 0 aliphatic heterocycles. The van der Waals surface area contributed by atoms with Gasteiger partial charge in [0.05, 0.1) is 25.9 Å². The molecule has 0 amide bonds. The molecule has 5 heteroatoms. The largest absolute Gasteiger partial charge is 0.493 e. The van der Waals surface area contributed by atoms with Crippen LogP contribution in [0.1, 0.15) is 11.1 Å². The molecule has 0 atom stereocenters. The van der Waals surface area contributed by atoms with E-state index in [4.69, 9.17) is 18.9 Å². The second-order valence-electron chi connectivity index (χ2n) is 6.32. The molecular weight excluding hydrogens is 378 g/mol. The monoisotopic (exact) mass is 401 g/mol. The smallest absolute Gasteiger partial charge is 0.161 e. The van der Waals surface area contributed by atoms with Gasteiger partial charge in [0.2, 0.25) is 0 Å². The van der Waals surface area contributed by atoms with Crippen molar-refractivity contribution in [1.29, 1.82) is 5.26 Å². The maximum atomic E-state index is 9.59. The number of nitrogens with zero attached hydrogens (tertiary/aromatic N) is 1. The van der Waals surface area contributed by atoms with E-state index in [0.29, 0.717) is 30.3 Å². The molecule has 0 radical (unpaired) electrons. The van der Waals surface area contributed by atoms with Crippen LogP contribution in [0.25, 0.3) is 11.6 Å². The van der Waals surface area contributed by atoms with Crippen LogP contribution in [0.3, 0.4) is 0 Å². The molecule has 5 nitrogen and oxygen atoms in total. The summed E-state index contributed by atoms with van der Waals surface area (Å²) in [4.78, 5) is 0. The SMILES string of the molecule is COc1ccc(/C(C#N)=C/c2ccc(OCCOc3ccccc3)cc2)cc1OC. The Morgan fingerprint density at radius 1 is 0.800 bits per heavy atom. The highest BCUT2D eigenvalue weighted by atomic mass is 16.5. The highest BCUT2D eigenvalue weighted by molar-refractivity contribution is 5.90. The lowest BCUT2D eigenvalue weighted by Crippen LogP contribution is -2.08. The fraction of sp³-hybridized carbons (Fsp3) is 0.160. The summed E-state index contributed by atoms with van der Waals surface area (Å²) in [6.45, 7) is 0.905. The number of hydrogen-bond donors (Lipinski definition) is 0. The highest BCUT2D eigenvalue weighted by Gasteiger charge is 2.08. The highest BCUT2D eigenvalue weighted by Crippen LogP contribution is 2.31. The Hall–Kier alpha value is -3.91. The summed E-state index contributed by atoms with van der Waals surface area (Å²) in [6, 6.07) is 24.8. The minimum absolute atomic E-state index is 0.444. The van der Waals surface area contributed by atoms with Crippen LogP contribution in [0.5, 0.6) is 23.0 Å². The van der Waals surface area contributed by atoms with E-state index in [1.165, 1.54) is 0 Å². The standard InChI is InChI=1S/C25H23NO4/c1-27-24-13-10-20(17-25(24)28-2)21(18-26)16-19-8-11-23(12-9-19)30-15-14-29-22-6-4-3-5-7-22/h3-13,16-17H,14-15H2,1-2H3/b21-16+. The van der Waals surface area contributed by atoms with Gasteiger partial charge in [-0.3, -0.25) is 0 Å². The van der Waals surface area contributed by atoms with Crippen molar-refractivity contribution in [2.45, 2.75) is 0 Å². The third-order valence-electron chi connectivity index (χ3n) is 4.37. The van der Waals surface area contributed by atoms with Crippen molar-refractivity contribution in [1.82, 2.24) is 0 Å². The Labute approximate surface area is 176 Å². The van der Waals surface area contributed by atoms with E-state index in [2.05, 4.69) is 6.07 Å². The van der Waals surface area contributed by atoms with Crippen LogP contribution in [0.4, 0.5) is 0 Å². The molecule has 152 valence electrons. The van der Waals surface area contributed by atoms with Gasteiger partial charge in [-0.1, -0.05) is 30.3 Å². The first kappa shape index (κ1) is 20.8. The molecule has 0 aliphatic rings. The number of ether oxygens (including phenoxy) is 4. The molecule has 0 fully saturated rings. The molecule has 0 unspecified atom stereocenters. The summed E-state index contributed by atoms with van der Waals surface area (Å²) in [7, 11) is 3.15. The Morgan fingerprint density at radius 2 is 1.43 bits per heavy atom. The average molecular weight is 401 g/mol. The third-order valence-corrected chi connectivity index (χ3v) is 4.37. The van der Waals surface area contributed by atoms with Gasteiger partial charge in [0.15, 0.2) is 11.5 Å². The van der Waals surface area contributed by atoms with E-state index in [1.54, 1.807) is 26.4 Å². The second-order valence-corrected chi connectivity index (χ2v) is 6.32. The number of methoxy groups -OCH3 is 2. The second kappa shape index (κ2) is 10.6. The number of allylic oxidation sites excluding steroid dienone is 1. The van der Waals surface area contributed by atoms with Gasteiger partial charge >= 0.3 is 0 Å². The Balaban J connectivity index is 1.62. The van der Waals surface area contributed by atoms with Crippen LogP contribution in [0.2, 0.25) is 0 Å². The normalized spacial score (nSPS) is 10.8. The lowest BCUT2D eigenvalue weighted by atomic mass is 10.0. The predicted molar refractivity (Wildman–Crippen MR) is 117 cm³/mol. The maximum absolute atomic E-state index is 9.59. The van der Waals surface area contributed by atoms with Crippen LogP contribution in [0.15, 0.2) is 72.8 Å². The zero-order chi connectivity index (χ0) is 21.2. The minimum Gasteiger partial charge on any atom is -0.493 e. The summed E-state index contributed by atoms with van der Waals surface area (Å²) >= 11 is 0. The lowest BCUT2D eigenvalue weighted by Gasteiger charge is -2.09. The van der Waals surface area contributed by atoms with E-state index in [-0.39, 0.29) is 0 Å². The Kier molecular flexibility index (Phi) is 7.34. The van der Waals surface area contributed by atoms with Gasteiger partial charge in [-0.2, -0.15) is 5.26 Å². The van der Waals surface area contributed by atoms with Crippen molar-refractivity contribution in [3.05, 3.63) is 83.9 Å². The Morgan fingerprint density at radius 3 is 2.03 bits per heavy atom. The molecule has 0 spiro atoms. The fourth-order valence-electron chi connectivity index (χ4n) is 2.85. The quantitative estimate of drug-likeness (QED) is 0.279. The maximum Gasteiger partial charge on any atom is 0.161 e. The fourth-order valence-corrected chi connectivity index (χ4v) is 2.85. The summed E-state index contributed by atoms with van der Waals surface area (Å²) in [5.74, 6) is 2.77. The molecule has 0 bridgehead atoms. The van der Waals surface area contributed by atoms with Gasteiger partial charge in [0, 0.05) is 0 Å². The number of benzene rings is 3. The van der Waals surface area contributed by atoms with Crippen molar-refractivity contribution in [2.75, 3.05) is 27.4 Å². The lowest BCUT2D eigenvalue weighted by molar-refractivity contribution is 0.217. The number of para-hydroxylation sites is 1. The van der Waals surface area contributed by atoms with Crippen LogP contribution >= 0.6 is 0 Å². The molecule has 3 aromatic rings. The molecule has 3 rings (SSSR count). The zero-order valence-corrected chi connectivity index (χ0v) is 17.0. The summed E-state index contributed by atoms with van der Waals surface area (Å²) < 4.78 is 21.9. The molecule has 0 saturated heterocycles. The van der Waals surface area contributed by atoms with Crippen LogP contribution in [-0.4, -0.2) is 27.4 Å². The molecule has 0 aliphatic carbocycles. The van der Waals surface area contributed by atoms with Gasteiger partial charge in [0.25, 0.3) is 0 Å². The first-order valence-corrected chi connectivity index (χ1v) is 9.48. The van der Waals surface area contributed by atoms with Crippen molar-refractivity contribution in [3.63, 3.8) is 0 Å². The predicted octanol–water partition coefficient (Wildman–Crippen LogP) is 5.23. The van der Waals surface area contributed by atoms with Crippen molar-refractivity contribution < 1.29 is 18.9 Å². The van der Waals surface area contributed by atoms with Gasteiger partial charge < -0.3 is 18.9 Å². The summed E-state index contributed by atoms with van der Waals surface area (Å²) in [5.41, 5.74) is 2.18. The topological polar surface area (TPSA) is 60.7 Å². The van der Waals surface area contributed by atoms with E-state index < -0.39 is 0 Å². The number of hydrogen-bond acceptors (Lipinski definition) is 5.